The predicted octanol–water partition coefficient (Wildman–Crippen LogP) is 0.714. The highest BCUT2D eigenvalue weighted by Crippen LogP contribution is 2.20. The monoisotopic (exact) mass is 302 g/mol. The molecule has 8 heteroatoms. The number of ketones is 1. The first kappa shape index (κ1) is 13.4. The normalized spacial score (nSPS) is 11.7. The van der Waals surface area contributed by atoms with Crippen LogP contribution in [0.5, 0.6) is 0 Å². The van der Waals surface area contributed by atoms with Crippen LogP contribution in [0.1, 0.15) is 16.1 Å². The van der Waals surface area contributed by atoms with Crippen LogP contribution in [0.15, 0.2) is 48.7 Å². The Balaban J connectivity index is 2.27. The van der Waals surface area contributed by atoms with Gasteiger partial charge in [0, 0.05) is 11.8 Å². The number of rotatable bonds is 3. The molecule has 106 valence electrons. The lowest BCUT2D eigenvalue weighted by Crippen LogP contribution is -2.23. The minimum Gasteiger partial charge on any atom is -0.287 e. The Morgan fingerprint density at radius 2 is 1.81 bits per heavy atom. The van der Waals surface area contributed by atoms with Crippen LogP contribution in [0.3, 0.4) is 0 Å². The van der Waals surface area contributed by atoms with Gasteiger partial charge in [-0.3, -0.25) is 4.79 Å². The molecule has 0 fully saturated rings. The molecule has 0 saturated carbocycles. The number of benzene rings is 1. The van der Waals surface area contributed by atoms with Gasteiger partial charge >= 0.3 is 10.2 Å². The minimum atomic E-state index is -4.13. The standard InChI is InChI=1S/C13H10N4O3S/c14-21(19,20)17-13-10(7-4-8-15-13)11(16-17)12(18)9-5-2-1-3-6-9/h1-8H,(H2,14,19,20). The van der Waals surface area contributed by atoms with E-state index in [0.29, 0.717) is 15.0 Å². The number of nitrogens with zero attached hydrogens (tertiary/aromatic N) is 3. The van der Waals surface area contributed by atoms with E-state index < -0.39 is 16.0 Å². The van der Waals surface area contributed by atoms with Gasteiger partial charge in [-0.25, -0.2) is 10.1 Å². The Hall–Kier alpha value is -2.58. The molecule has 0 spiro atoms. The Morgan fingerprint density at radius 3 is 2.48 bits per heavy atom. The summed E-state index contributed by atoms with van der Waals surface area (Å²) in [5.74, 6) is -0.393. The average Bonchev–Trinajstić information content (AvgIpc) is 2.87. The maximum atomic E-state index is 12.5. The van der Waals surface area contributed by atoms with Crippen molar-refractivity contribution in [2.75, 3.05) is 0 Å². The van der Waals surface area contributed by atoms with Crippen molar-refractivity contribution in [2.24, 2.45) is 5.14 Å². The second-order valence-electron chi connectivity index (χ2n) is 4.31. The fourth-order valence-corrected chi connectivity index (χ4v) is 2.58. The van der Waals surface area contributed by atoms with Crippen molar-refractivity contribution in [3.05, 3.63) is 59.9 Å². The molecular formula is C13H10N4O3S. The third-order valence-corrected chi connectivity index (χ3v) is 3.64. The molecule has 7 nitrogen and oxygen atoms in total. The number of aromatic nitrogens is 3. The maximum Gasteiger partial charge on any atom is 0.319 e. The van der Waals surface area contributed by atoms with Crippen LogP contribution in [0.4, 0.5) is 0 Å². The summed E-state index contributed by atoms with van der Waals surface area (Å²) >= 11 is 0. The van der Waals surface area contributed by atoms with Crippen molar-refractivity contribution in [3.8, 4) is 0 Å². The van der Waals surface area contributed by atoms with Gasteiger partial charge in [0.05, 0.1) is 5.39 Å². The third kappa shape index (κ3) is 2.30. The number of carbonyl (C=O) groups excluding carboxylic acids is 1. The summed E-state index contributed by atoms with van der Waals surface area (Å²) in [5.41, 5.74) is 0.430. The molecule has 0 saturated heterocycles. The van der Waals surface area contributed by atoms with Crippen molar-refractivity contribution >= 4 is 27.0 Å². The highest BCUT2D eigenvalue weighted by molar-refractivity contribution is 7.87. The van der Waals surface area contributed by atoms with Crippen LogP contribution in [0.25, 0.3) is 11.0 Å². The van der Waals surface area contributed by atoms with E-state index in [4.69, 9.17) is 5.14 Å². The maximum absolute atomic E-state index is 12.5. The van der Waals surface area contributed by atoms with Crippen LogP contribution in [0.2, 0.25) is 0 Å². The van der Waals surface area contributed by atoms with E-state index in [1.807, 2.05) is 0 Å². The molecule has 0 aliphatic rings. The van der Waals surface area contributed by atoms with Gasteiger partial charge in [-0.1, -0.05) is 30.3 Å². The van der Waals surface area contributed by atoms with E-state index in [9.17, 15) is 13.2 Å². The largest absolute Gasteiger partial charge is 0.319 e. The SMILES string of the molecule is NS(=O)(=O)n1nc(C(=O)c2ccccc2)c2cccnc21. The summed E-state index contributed by atoms with van der Waals surface area (Å²) in [5, 5.41) is 9.26. The zero-order valence-corrected chi connectivity index (χ0v) is 11.5. The van der Waals surface area contributed by atoms with Crippen molar-refractivity contribution in [2.45, 2.75) is 0 Å². The highest BCUT2D eigenvalue weighted by Gasteiger charge is 2.23. The lowest BCUT2D eigenvalue weighted by atomic mass is 10.1. The molecule has 2 N–H and O–H groups in total. The molecule has 0 radical (unpaired) electrons. The predicted molar refractivity (Wildman–Crippen MR) is 75.9 cm³/mol. The quantitative estimate of drug-likeness (QED) is 0.717. The van der Waals surface area contributed by atoms with Gasteiger partial charge in [0.2, 0.25) is 5.78 Å². The summed E-state index contributed by atoms with van der Waals surface area (Å²) in [4.78, 5) is 16.4. The summed E-state index contributed by atoms with van der Waals surface area (Å²) in [7, 11) is -4.13. The minimum absolute atomic E-state index is 0.00155. The van der Waals surface area contributed by atoms with Gasteiger partial charge in [-0.05, 0) is 12.1 Å². The molecule has 21 heavy (non-hydrogen) atoms. The van der Waals surface area contributed by atoms with Crippen molar-refractivity contribution in [1.29, 1.82) is 0 Å². The fraction of sp³-hybridized carbons (Fsp3) is 0. The molecule has 2 aromatic heterocycles. The zero-order valence-electron chi connectivity index (χ0n) is 10.7. The average molecular weight is 302 g/mol. The van der Waals surface area contributed by atoms with Gasteiger partial charge in [0.25, 0.3) is 0 Å². The van der Waals surface area contributed by atoms with Crippen LogP contribution in [-0.4, -0.2) is 28.4 Å². The van der Waals surface area contributed by atoms with E-state index in [2.05, 4.69) is 10.1 Å². The Kier molecular flexibility index (Phi) is 3.04. The lowest BCUT2D eigenvalue weighted by molar-refractivity contribution is 0.103. The molecular weight excluding hydrogens is 292 g/mol. The molecule has 3 aromatic rings. The number of nitrogens with two attached hydrogens (primary N) is 1. The molecule has 0 atom stereocenters. The first-order valence-electron chi connectivity index (χ1n) is 5.95. The van der Waals surface area contributed by atoms with Crippen LogP contribution >= 0.6 is 0 Å². The Bertz CT molecular complexity index is 932. The van der Waals surface area contributed by atoms with E-state index in [1.54, 1.807) is 42.5 Å². The molecule has 0 amide bonds. The first-order valence-corrected chi connectivity index (χ1v) is 7.45. The van der Waals surface area contributed by atoms with Gasteiger partial charge in [0.15, 0.2) is 5.65 Å². The summed E-state index contributed by atoms with van der Waals surface area (Å²) in [6.45, 7) is 0. The summed E-state index contributed by atoms with van der Waals surface area (Å²) in [6, 6.07) is 11.6. The van der Waals surface area contributed by atoms with E-state index in [0.717, 1.165) is 0 Å². The zero-order chi connectivity index (χ0) is 15.0. The van der Waals surface area contributed by atoms with Crippen LogP contribution in [0, 0.1) is 0 Å². The van der Waals surface area contributed by atoms with E-state index >= 15 is 0 Å². The van der Waals surface area contributed by atoms with Gasteiger partial charge in [0.1, 0.15) is 5.69 Å². The molecule has 0 aliphatic carbocycles. The summed E-state index contributed by atoms with van der Waals surface area (Å²) < 4.78 is 23.7. The fourth-order valence-electron chi connectivity index (χ4n) is 2.00. The molecule has 3 rings (SSSR count). The second kappa shape index (κ2) is 4.76. The molecule has 2 heterocycles. The first-order chi connectivity index (χ1) is 9.98. The topological polar surface area (TPSA) is 108 Å². The van der Waals surface area contributed by atoms with E-state index in [-0.39, 0.29) is 11.3 Å². The molecule has 0 bridgehead atoms. The number of carbonyl (C=O) groups is 1. The molecule has 1 aromatic carbocycles. The molecule has 0 aliphatic heterocycles. The number of pyridine rings is 1. The number of hydrogen-bond donors (Lipinski definition) is 1. The Labute approximate surface area is 120 Å². The third-order valence-electron chi connectivity index (χ3n) is 2.91. The van der Waals surface area contributed by atoms with Crippen LogP contribution < -0.4 is 5.14 Å². The van der Waals surface area contributed by atoms with Crippen molar-refractivity contribution < 1.29 is 13.2 Å². The van der Waals surface area contributed by atoms with Gasteiger partial charge in [-0.15, -0.1) is 4.09 Å². The van der Waals surface area contributed by atoms with Gasteiger partial charge < -0.3 is 0 Å². The van der Waals surface area contributed by atoms with Crippen molar-refractivity contribution in [3.63, 3.8) is 0 Å². The van der Waals surface area contributed by atoms with Crippen LogP contribution in [-0.2, 0) is 10.2 Å². The molecule has 0 unspecified atom stereocenters. The highest BCUT2D eigenvalue weighted by atomic mass is 32.2. The van der Waals surface area contributed by atoms with Crippen molar-refractivity contribution in [1.82, 2.24) is 14.2 Å². The number of hydrogen-bond acceptors (Lipinski definition) is 5. The Morgan fingerprint density at radius 1 is 1.10 bits per heavy atom. The van der Waals surface area contributed by atoms with Gasteiger partial charge in [-0.2, -0.15) is 13.5 Å². The lowest BCUT2D eigenvalue weighted by Gasteiger charge is -1.97. The smallest absolute Gasteiger partial charge is 0.287 e. The number of fused-ring (bicyclic) bond motifs is 1. The van der Waals surface area contributed by atoms with E-state index in [1.165, 1.54) is 6.20 Å². The second-order valence-corrected chi connectivity index (χ2v) is 5.68. The summed E-state index contributed by atoms with van der Waals surface area (Å²) in [6.07, 6.45) is 1.41.